The molecule has 0 aliphatic heterocycles. The number of aryl methyl sites for hydroxylation is 1. The van der Waals surface area contributed by atoms with E-state index in [4.69, 9.17) is 4.74 Å². The van der Waals surface area contributed by atoms with E-state index in [1.807, 2.05) is 35.6 Å². The lowest BCUT2D eigenvalue weighted by atomic mass is 10.2. The van der Waals surface area contributed by atoms with Crippen molar-refractivity contribution in [2.75, 3.05) is 20.3 Å². The third-order valence-electron chi connectivity index (χ3n) is 2.97. The number of rotatable bonds is 7. The summed E-state index contributed by atoms with van der Waals surface area (Å²) in [4.78, 5) is 14.5. The van der Waals surface area contributed by atoms with Crippen molar-refractivity contribution >= 4 is 21.8 Å². The number of carbonyl (C=O) groups is 1. The fourth-order valence-corrected chi connectivity index (χ4v) is 2.47. The Bertz CT molecular complexity index is 416. The molecule has 0 spiro atoms. The van der Waals surface area contributed by atoms with Crippen LogP contribution in [0.4, 0.5) is 0 Å². The first-order valence-corrected chi connectivity index (χ1v) is 7.46. The van der Waals surface area contributed by atoms with Gasteiger partial charge in [-0.2, -0.15) is 0 Å². The van der Waals surface area contributed by atoms with E-state index in [0.717, 1.165) is 23.1 Å². The van der Waals surface area contributed by atoms with Crippen LogP contribution >= 0.6 is 15.9 Å². The molecule has 0 saturated heterocycles. The zero-order valence-electron chi connectivity index (χ0n) is 12.1. The Morgan fingerprint density at radius 3 is 2.74 bits per heavy atom. The number of hydrogen-bond donors (Lipinski definition) is 0. The first-order chi connectivity index (χ1) is 9.01. The molecule has 1 rings (SSSR count). The topological polar surface area (TPSA) is 34.5 Å². The number of amides is 1. The van der Waals surface area contributed by atoms with E-state index in [1.165, 1.54) is 0 Å². The highest BCUT2D eigenvalue weighted by Gasteiger charge is 2.21. The average Bonchev–Trinajstić information content (AvgIpc) is 2.70. The van der Waals surface area contributed by atoms with Crippen LogP contribution in [-0.4, -0.2) is 41.7 Å². The SMILES string of the molecule is CCCn1cc(Br)cc1C(=O)N(CCOC)C(C)C. The highest BCUT2D eigenvalue weighted by Crippen LogP contribution is 2.18. The summed E-state index contributed by atoms with van der Waals surface area (Å²) in [6.07, 6.45) is 2.96. The van der Waals surface area contributed by atoms with Crippen molar-refractivity contribution in [2.24, 2.45) is 0 Å². The van der Waals surface area contributed by atoms with Gasteiger partial charge < -0.3 is 14.2 Å². The van der Waals surface area contributed by atoms with E-state index in [-0.39, 0.29) is 11.9 Å². The Balaban J connectivity index is 2.95. The molecule has 0 saturated carbocycles. The monoisotopic (exact) mass is 330 g/mol. The van der Waals surface area contributed by atoms with Gasteiger partial charge in [0.2, 0.25) is 0 Å². The molecule has 1 aromatic rings. The normalized spacial score (nSPS) is 11.1. The molecule has 5 heteroatoms. The van der Waals surface area contributed by atoms with Crippen LogP contribution in [0.3, 0.4) is 0 Å². The van der Waals surface area contributed by atoms with Crippen molar-refractivity contribution < 1.29 is 9.53 Å². The number of methoxy groups -OCH3 is 1. The minimum absolute atomic E-state index is 0.0613. The lowest BCUT2D eigenvalue weighted by Crippen LogP contribution is -2.40. The van der Waals surface area contributed by atoms with Gasteiger partial charge in [-0.3, -0.25) is 4.79 Å². The van der Waals surface area contributed by atoms with Crippen molar-refractivity contribution in [3.05, 3.63) is 22.4 Å². The summed E-state index contributed by atoms with van der Waals surface area (Å²) in [5, 5.41) is 0. The van der Waals surface area contributed by atoms with Gasteiger partial charge in [-0.25, -0.2) is 0 Å². The summed E-state index contributed by atoms with van der Waals surface area (Å²) >= 11 is 3.44. The Kier molecular flexibility index (Phi) is 6.58. The average molecular weight is 331 g/mol. The van der Waals surface area contributed by atoms with Crippen LogP contribution < -0.4 is 0 Å². The Labute approximate surface area is 123 Å². The fourth-order valence-electron chi connectivity index (χ4n) is 2.01. The number of hydrogen-bond acceptors (Lipinski definition) is 2. The third-order valence-corrected chi connectivity index (χ3v) is 3.40. The van der Waals surface area contributed by atoms with E-state index in [0.29, 0.717) is 13.2 Å². The summed E-state index contributed by atoms with van der Waals surface area (Å²) in [5.41, 5.74) is 0.735. The van der Waals surface area contributed by atoms with Crippen molar-refractivity contribution in [3.8, 4) is 0 Å². The molecule has 0 bridgehead atoms. The highest BCUT2D eigenvalue weighted by molar-refractivity contribution is 9.10. The highest BCUT2D eigenvalue weighted by atomic mass is 79.9. The van der Waals surface area contributed by atoms with Gasteiger partial charge in [0.05, 0.1) is 6.61 Å². The number of halogens is 1. The number of ether oxygens (including phenoxy) is 1. The van der Waals surface area contributed by atoms with Crippen molar-refractivity contribution in [1.29, 1.82) is 0 Å². The molecule has 4 nitrogen and oxygen atoms in total. The number of nitrogens with zero attached hydrogens (tertiary/aromatic N) is 2. The molecule has 0 N–H and O–H groups in total. The molecule has 0 unspecified atom stereocenters. The maximum atomic E-state index is 12.6. The van der Waals surface area contributed by atoms with Crippen LogP contribution in [0.1, 0.15) is 37.7 Å². The summed E-state index contributed by atoms with van der Waals surface area (Å²) in [5.74, 6) is 0.0613. The van der Waals surface area contributed by atoms with Gasteiger partial charge in [0.1, 0.15) is 5.69 Å². The molecule has 0 aliphatic carbocycles. The Morgan fingerprint density at radius 2 is 2.21 bits per heavy atom. The molecule has 0 fully saturated rings. The molecular formula is C14H23BrN2O2. The van der Waals surface area contributed by atoms with Crippen LogP contribution in [0.5, 0.6) is 0 Å². The number of carbonyl (C=O) groups excluding carboxylic acids is 1. The molecule has 0 atom stereocenters. The van der Waals surface area contributed by atoms with E-state index >= 15 is 0 Å². The summed E-state index contributed by atoms with van der Waals surface area (Å²) in [6, 6.07) is 2.05. The summed E-state index contributed by atoms with van der Waals surface area (Å²) in [7, 11) is 1.65. The molecule has 0 radical (unpaired) electrons. The Morgan fingerprint density at radius 1 is 1.53 bits per heavy atom. The molecule has 1 amide bonds. The first-order valence-electron chi connectivity index (χ1n) is 6.66. The second-order valence-electron chi connectivity index (χ2n) is 4.82. The standard InChI is InChI=1S/C14H23BrN2O2/c1-5-6-16-10-12(15)9-13(16)14(18)17(11(2)3)7-8-19-4/h9-11H,5-8H2,1-4H3. The van der Waals surface area contributed by atoms with Crippen molar-refractivity contribution in [1.82, 2.24) is 9.47 Å². The largest absolute Gasteiger partial charge is 0.383 e. The Hall–Kier alpha value is -0.810. The van der Waals surface area contributed by atoms with Crippen molar-refractivity contribution in [3.63, 3.8) is 0 Å². The predicted molar refractivity (Wildman–Crippen MR) is 80.5 cm³/mol. The second kappa shape index (κ2) is 7.70. The smallest absolute Gasteiger partial charge is 0.270 e. The van der Waals surface area contributed by atoms with Gasteiger partial charge >= 0.3 is 0 Å². The van der Waals surface area contributed by atoms with E-state index in [2.05, 4.69) is 22.9 Å². The molecule has 19 heavy (non-hydrogen) atoms. The van der Waals surface area contributed by atoms with Crippen LogP contribution in [-0.2, 0) is 11.3 Å². The van der Waals surface area contributed by atoms with E-state index < -0.39 is 0 Å². The van der Waals surface area contributed by atoms with Gasteiger partial charge in [0.15, 0.2) is 0 Å². The first kappa shape index (κ1) is 16.2. The van der Waals surface area contributed by atoms with E-state index in [9.17, 15) is 4.79 Å². The van der Waals surface area contributed by atoms with Crippen LogP contribution in [0, 0.1) is 0 Å². The maximum Gasteiger partial charge on any atom is 0.270 e. The van der Waals surface area contributed by atoms with Gasteiger partial charge in [-0.15, -0.1) is 0 Å². The van der Waals surface area contributed by atoms with E-state index in [1.54, 1.807) is 7.11 Å². The summed E-state index contributed by atoms with van der Waals surface area (Å²) < 4.78 is 8.03. The second-order valence-corrected chi connectivity index (χ2v) is 5.74. The molecule has 1 aromatic heterocycles. The fraction of sp³-hybridized carbons (Fsp3) is 0.643. The van der Waals surface area contributed by atoms with Gasteiger partial charge in [-0.1, -0.05) is 6.92 Å². The lowest BCUT2D eigenvalue weighted by molar-refractivity contribution is 0.0624. The zero-order chi connectivity index (χ0) is 14.4. The quantitative estimate of drug-likeness (QED) is 0.769. The van der Waals surface area contributed by atoms with Gasteiger partial charge in [-0.05, 0) is 42.3 Å². The van der Waals surface area contributed by atoms with Crippen LogP contribution in [0.15, 0.2) is 16.7 Å². The van der Waals surface area contributed by atoms with Crippen LogP contribution in [0.25, 0.3) is 0 Å². The maximum absolute atomic E-state index is 12.6. The minimum atomic E-state index is 0.0613. The van der Waals surface area contributed by atoms with Crippen molar-refractivity contribution in [2.45, 2.75) is 39.8 Å². The van der Waals surface area contributed by atoms with Crippen LogP contribution in [0.2, 0.25) is 0 Å². The minimum Gasteiger partial charge on any atom is -0.383 e. The van der Waals surface area contributed by atoms with Gasteiger partial charge in [0, 0.05) is 36.9 Å². The zero-order valence-corrected chi connectivity index (χ0v) is 13.7. The molecular weight excluding hydrogens is 308 g/mol. The van der Waals surface area contributed by atoms with Gasteiger partial charge in [0.25, 0.3) is 5.91 Å². The molecule has 108 valence electrons. The molecule has 1 heterocycles. The third kappa shape index (κ3) is 4.35. The predicted octanol–water partition coefficient (Wildman–Crippen LogP) is 3.16. The summed E-state index contributed by atoms with van der Waals surface area (Å²) in [6.45, 7) is 8.17. The molecule has 0 aromatic carbocycles. The number of aromatic nitrogens is 1. The lowest BCUT2D eigenvalue weighted by Gasteiger charge is -2.27. The molecule has 0 aliphatic rings.